The lowest BCUT2D eigenvalue weighted by Gasteiger charge is -2.20. The lowest BCUT2D eigenvalue weighted by molar-refractivity contribution is -0.143. The van der Waals surface area contributed by atoms with Crippen molar-refractivity contribution in [3.8, 4) is 0 Å². The highest BCUT2D eigenvalue weighted by atomic mass is 16.5. The maximum atomic E-state index is 12.4. The van der Waals surface area contributed by atoms with Gasteiger partial charge in [0.05, 0.1) is 25.4 Å². The second-order valence-corrected chi connectivity index (χ2v) is 17.9. The van der Waals surface area contributed by atoms with Gasteiger partial charge in [-0.15, -0.1) is 0 Å². The molecule has 0 heterocycles. The monoisotopic (exact) mass is 820 g/mol. The Morgan fingerprint density at radius 2 is 0.793 bits per heavy atom. The number of unbranched alkanes of at least 4 members (excludes halogenated alkanes) is 37. The van der Waals surface area contributed by atoms with Crippen molar-refractivity contribution < 1.29 is 24.5 Å². The number of carbonyl (C=O) groups is 2. The van der Waals surface area contributed by atoms with Gasteiger partial charge in [0.2, 0.25) is 5.91 Å². The molecule has 0 aromatic carbocycles. The minimum Gasteiger partial charge on any atom is -0.466 e. The van der Waals surface area contributed by atoms with E-state index in [4.69, 9.17) is 4.74 Å². The number of hydrogen-bond donors (Lipinski definition) is 3. The summed E-state index contributed by atoms with van der Waals surface area (Å²) in [6.07, 6.45) is 55.0. The second-order valence-electron chi connectivity index (χ2n) is 17.9. The standard InChI is InChI=1S/C52H101NO5/c1-3-5-7-9-11-13-15-17-18-19-20-21-22-26-30-34-38-42-46-52(57)58-47-43-39-35-31-27-23-25-29-33-37-41-45-51(56)53-49(48-54)50(55)44-40-36-32-28-24-16-14-12-10-8-6-4-2/h40,44,49-50,54-55H,3-39,41-43,45-48H2,1-2H3,(H,53,56)/b44-40+. The van der Waals surface area contributed by atoms with Crippen LogP contribution in [0.3, 0.4) is 0 Å². The van der Waals surface area contributed by atoms with Crippen LogP contribution in [-0.2, 0) is 14.3 Å². The third-order valence-electron chi connectivity index (χ3n) is 12.1. The molecule has 0 spiro atoms. The molecule has 2 atom stereocenters. The van der Waals surface area contributed by atoms with E-state index in [2.05, 4.69) is 19.2 Å². The van der Waals surface area contributed by atoms with Crippen LogP contribution in [0.4, 0.5) is 0 Å². The van der Waals surface area contributed by atoms with E-state index in [0.29, 0.717) is 19.4 Å². The molecule has 1 amide bonds. The summed E-state index contributed by atoms with van der Waals surface area (Å²) >= 11 is 0. The minimum atomic E-state index is -0.854. The largest absolute Gasteiger partial charge is 0.466 e. The first kappa shape index (κ1) is 56.6. The summed E-state index contributed by atoms with van der Waals surface area (Å²) in [5.41, 5.74) is 0. The summed E-state index contributed by atoms with van der Waals surface area (Å²) in [4.78, 5) is 24.5. The SMILES string of the molecule is CCCCCCCCCCCC/C=C/C(O)C(CO)NC(=O)CCCCCCCCCCCCCOC(=O)CCCCCCCCCCCCCCCCCCCC. The Morgan fingerprint density at radius 1 is 0.466 bits per heavy atom. The lowest BCUT2D eigenvalue weighted by Crippen LogP contribution is -2.45. The van der Waals surface area contributed by atoms with E-state index in [-0.39, 0.29) is 18.5 Å². The van der Waals surface area contributed by atoms with E-state index in [0.717, 1.165) is 57.8 Å². The lowest BCUT2D eigenvalue weighted by atomic mass is 10.0. The zero-order valence-electron chi connectivity index (χ0n) is 39.0. The van der Waals surface area contributed by atoms with E-state index in [1.54, 1.807) is 6.08 Å². The molecule has 0 fully saturated rings. The maximum Gasteiger partial charge on any atom is 0.305 e. The quantitative estimate of drug-likeness (QED) is 0.0323. The summed E-state index contributed by atoms with van der Waals surface area (Å²) in [5.74, 6) is -0.0976. The number of rotatable bonds is 48. The minimum absolute atomic E-state index is 0.0112. The van der Waals surface area contributed by atoms with Gasteiger partial charge in [0.15, 0.2) is 0 Å². The van der Waals surface area contributed by atoms with E-state index < -0.39 is 12.1 Å². The first-order valence-electron chi connectivity index (χ1n) is 26.0. The third-order valence-corrected chi connectivity index (χ3v) is 12.1. The molecule has 0 rings (SSSR count). The van der Waals surface area contributed by atoms with Crippen LogP contribution in [0.25, 0.3) is 0 Å². The van der Waals surface area contributed by atoms with Gasteiger partial charge < -0.3 is 20.3 Å². The molecule has 0 aliphatic heterocycles. The number of esters is 1. The molecule has 3 N–H and O–H groups in total. The molecule has 0 bridgehead atoms. The van der Waals surface area contributed by atoms with Gasteiger partial charge in [-0.25, -0.2) is 0 Å². The van der Waals surface area contributed by atoms with Crippen LogP contribution in [-0.4, -0.2) is 47.4 Å². The Morgan fingerprint density at radius 3 is 1.17 bits per heavy atom. The Balaban J connectivity index is 3.45. The molecule has 0 aliphatic rings. The van der Waals surface area contributed by atoms with E-state index in [1.165, 1.54) is 199 Å². The normalized spacial score (nSPS) is 12.7. The number of ether oxygens (including phenoxy) is 1. The highest BCUT2D eigenvalue weighted by Crippen LogP contribution is 2.16. The van der Waals surface area contributed by atoms with Crippen LogP contribution < -0.4 is 5.32 Å². The Hall–Kier alpha value is -1.40. The molecule has 0 aliphatic carbocycles. The number of allylic oxidation sites excluding steroid dienone is 1. The number of amides is 1. The molecule has 0 aromatic rings. The number of aliphatic hydroxyl groups is 2. The summed E-state index contributed by atoms with van der Waals surface area (Å²) < 4.78 is 5.47. The van der Waals surface area contributed by atoms with Crippen molar-refractivity contribution in [3.05, 3.63) is 12.2 Å². The van der Waals surface area contributed by atoms with Crippen LogP contribution in [0.15, 0.2) is 12.2 Å². The smallest absolute Gasteiger partial charge is 0.305 e. The average Bonchev–Trinajstić information content (AvgIpc) is 3.22. The molecule has 2 unspecified atom stereocenters. The van der Waals surface area contributed by atoms with Gasteiger partial charge in [0.25, 0.3) is 0 Å². The Kier molecular flexibility index (Phi) is 47.1. The molecular formula is C52H101NO5. The second kappa shape index (κ2) is 48.3. The van der Waals surface area contributed by atoms with Crippen molar-refractivity contribution >= 4 is 11.9 Å². The molecule has 6 nitrogen and oxygen atoms in total. The first-order valence-corrected chi connectivity index (χ1v) is 26.0. The topological polar surface area (TPSA) is 95.9 Å². The van der Waals surface area contributed by atoms with Crippen molar-refractivity contribution in [1.82, 2.24) is 5.32 Å². The highest BCUT2D eigenvalue weighted by Gasteiger charge is 2.18. The van der Waals surface area contributed by atoms with Gasteiger partial charge in [-0.05, 0) is 32.1 Å². The van der Waals surface area contributed by atoms with Crippen molar-refractivity contribution in [1.29, 1.82) is 0 Å². The molecule has 344 valence electrons. The third kappa shape index (κ3) is 44.2. The number of nitrogens with one attached hydrogen (secondary N) is 1. The predicted octanol–water partition coefficient (Wildman–Crippen LogP) is 15.3. The fraction of sp³-hybridized carbons (Fsp3) is 0.923. The van der Waals surface area contributed by atoms with Crippen LogP contribution in [0.2, 0.25) is 0 Å². The maximum absolute atomic E-state index is 12.4. The van der Waals surface area contributed by atoms with Crippen LogP contribution in [0, 0.1) is 0 Å². The van der Waals surface area contributed by atoms with Crippen molar-refractivity contribution in [2.24, 2.45) is 0 Å². The van der Waals surface area contributed by atoms with Crippen LogP contribution in [0.1, 0.15) is 284 Å². The zero-order valence-corrected chi connectivity index (χ0v) is 39.0. The summed E-state index contributed by atoms with van der Waals surface area (Å²) in [7, 11) is 0. The van der Waals surface area contributed by atoms with E-state index in [9.17, 15) is 19.8 Å². The first-order chi connectivity index (χ1) is 28.5. The summed E-state index contributed by atoms with van der Waals surface area (Å²) in [6, 6.07) is -0.639. The van der Waals surface area contributed by atoms with Crippen LogP contribution >= 0.6 is 0 Å². The fourth-order valence-electron chi connectivity index (χ4n) is 8.05. The summed E-state index contributed by atoms with van der Waals surface area (Å²) in [5, 5.41) is 23.0. The van der Waals surface area contributed by atoms with Crippen LogP contribution in [0.5, 0.6) is 0 Å². The Labute approximate surface area is 361 Å². The number of hydrogen-bond acceptors (Lipinski definition) is 5. The fourth-order valence-corrected chi connectivity index (χ4v) is 8.05. The predicted molar refractivity (Wildman–Crippen MR) is 250 cm³/mol. The van der Waals surface area contributed by atoms with Crippen molar-refractivity contribution in [2.45, 2.75) is 296 Å². The van der Waals surface area contributed by atoms with Gasteiger partial charge in [-0.1, -0.05) is 251 Å². The molecule has 0 saturated heterocycles. The molecule has 58 heavy (non-hydrogen) atoms. The van der Waals surface area contributed by atoms with Crippen molar-refractivity contribution in [2.75, 3.05) is 13.2 Å². The molecule has 0 aromatic heterocycles. The average molecular weight is 820 g/mol. The van der Waals surface area contributed by atoms with E-state index >= 15 is 0 Å². The summed E-state index contributed by atoms with van der Waals surface area (Å²) in [6.45, 7) is 4.86. The highest BCUT2D eigenvalue weighted by molar-refractivity contribution is 5.76. The zero-order chi connectivity index (χ0) is 42.3. The molecule has 0 radical (unpaired) electrons. The van der Waals surface area contributed by atoms with Gasteiger partial charge in [-0.3, -0.25) is 9.59 Å². The number of aliphatic hydroxyl groups excluding tert-OH is 2. The van der Waals surface area contributed by atoms with Gasteiger partial charge in [-0.2, -0.15) is 0 Å². The van der Waals surface area contributed by atoms with E-state index in [1.807, 2.05) is 6.08 Å². The van der Waals surface area contributed by atoms with Gasteiger partial charge in [0, 0.05) is 12.8 Å². The number of carbonyl (C=O) groups excluding carboxylic acids is 2. The van der Waals surface area contributed by atoms with Gasteiger partial charge in [0.1, 0.15) is 0 Å². The van der Waals surface area contributed by atoms with Crippen molar-refractivity contribution in [3.63, 3.8) is 0 Å². The Bertz CT molecular complexity index is 863. The molecular weight excluding hydrogens is 719 g/mol. The molecule has 0 saturated carbocycles. The van der Waals surface area contributed by atoms with Gasteiger partial charge >= 0.3 is 5.97 Å². The molecule has 6 heteroatoms.